The Morgan fingerprint density at radius 3 is 2.72 bits per heavy atom. The highest BCUT2D eigenvalue weighted by Gasteiger charge is 2.19. The largest absolute Gasteiger partial charge is 0.319 e. The standard InChI is InChI=1S/C14H14F2N2/c1-2-9-5-4-8-18-14(9)13(17)10-6-3-7-11(15)12(10)16/h3-8,13H,2,17H2,1H3. The minimum Gasteiger partial charge on any atom is -0.319 e. The first-order valence-corrected chi connectivity index (χ1v) is 5.78. The van der Waals surface area contributed by atoms with Crippen molar-refractivity contribution in [2.45, 2.75) is 19.4 Å². The molecule has 1 aromatic carbocycles. The molecule has 2 N–H and O–H groups in total. The average Bonchev–Trinajstić information content (AvgIpc) is 2.41. The number of benzene rings is 1. The molecule has 18 heavy (non-hydrogen) atoms. The maximum atomic E-state index is 13.7. The smallest absolute Gasteiger partial charge is 0.163 e. The number of nitrogens with two attached hydrogens (primary N) is 1. The number of halogens is 2. The van der Waals surface area contributed by atoms with Gasteiger partial charge in [0.25, 0.3) is 0 Å². The van der Waals surface area contributed by atoms with Crippen LogP contribution >= 0.6 is 0 Å². The van der Waals surface area contributed by atoms with E-state index in [9.17, 15) is 8.78 Å². The summed E-state index contributed by atoms with van der Waals surface area (Å²) in [7, 11) is 0. The summed E-state index contributed by atoms with van der Waals surface area (Å²) in [6.45, 7) is 1.97. The molecule has 0 aliphatic heterocycles. The molecule has 0 bridgehead atoms. The molecular formula is C14H14F2N2. The molecule has 2 nitrogen and oxygen atoms in total. The normalized spacial score (nSPS) is 12.4. The van der Waals surface area contributed by atoms with Crippen molar-refractivity contribution in [3.05, 3.63) is 65.0 Å². The molecule has 0 radical (unpaired) electrons. The fraction of sp³-hybridized carbons (Fsp3) is 0.214. The van der Waals surface area contributed by atoms with Crippen molar-refractivity contribution in [3.63, 3.8) is 0 Å². The third kappa shape index (κ3) is 2.24. The topological polar surface area (TPSA) is 38.9 Å². The van der Waals surface area contributed by atoms with Gasteiger partial charge in [0.15, 0.2) is 11.6 Å². The first-order chi connectivity index (χ1) is 8.65. The van der Waals surface area contributed by atoms with Crippen LogP contribution in [0.1, 0.15) is 29.8 Å². The van der Waals surface area contributed by atoms with Crippen LogP contribution in [0.3, 0.4) is 0 Å². The van der Waals surface area contributed by atoms with Crippen LogP contribution in [0.15, 0.2) is 36.5 Å². The van der Waals surface area contributed by atoms with Gasteiger partial charge in [0.2, 0.25) is 0 Å². The third-order valence-electron chi connectivity index (χ3n) is 2.92. The maximum Gasteiger partial charge on any atom is 0.163 e. The Labute approximate surface area is 104 Å². The van der Waals surface area contributed by atoms with E-state index >= 15 is 0 Å². The first-order valence-electron chi connectivity index (χ1n) is 5.78. The summed E-state index contributed by atoms with van der Waals surface area (Å²) in [6, 6.07) is 6.94. The van der Waals surface area contributed by atoms with Crippen molar-refractivity contribution in [3.8, 4) is 0 Å². The lowest BCUT2D eigenvalue weighted by atomic mass is 9.98. The predicted molar refractivity (Wildman–Crippen MR) is 66.0 cm³/mol. The molecule has 0 aliphatic carbocycles. The van der Waals surface area contributed by atoms with Crippen LogP contribution in [0, 0.1) is 11.6 Å². The quantitative estimate of drug-likeness (QED) is 0.907. The molecule has 94 valence electrons. The van der Waals surface area contributed by atoms with Crippen LogP contribution in [0.4, 0.5) is 8.78 Å². The molecule has 1 aromatic heterocycles. The fourth-order valence-corrected chi connectivity index (χ4v) is 1.94. The van der Waals surface area contributed by atoms with Crippen LogP contribution in [0.2, 0.25) is 0 Å². The Bertz CT molecular complexity index is 555. The summed E-state index contributed by atoms with van der Waals surface area (Å²) in [5.41, 5.74) is 7.65. The summed E-state index contributed by atoms with van der Waals surface area (Å²) < 4.78 is 26.9. The second kappa shape index (κ2) is 5.23. The van der Waals surface area contributed by atoms with E-state index in [-0.39, 0.29) is 5.56 Å². The van der Waals surface area contributed by atoms with E-state index in [1.807, 2.05) is 13.0 Å². The van der Waals surface area contributed by atoms with Gasteiger partial charge in [-0.25, -0.2) is 8.78 Å². The van der Waals surface area contributed by atoms with Crippen LogP contribution in [-0.2, 0) is 6.42 Å². The number of pyridine rings is 1. The van der Waals surface area contributed by atoms with Crippen molar-refractivity contribution in [1.82, 2.24) is 4.98 Å². The maximum absolute atomic E-state index is 13.7. The number of rotatable bonds is 3. The molecule has 4 heteroatoms. The molecule has 0 amide bonds. The van der Waals surface area contributed by atoms with Crippen molar-refractivity contribution in [2.24, 2.45) is 5.73 Å². The highest BCUT2D eigenvalue weighted by atomic mass is 19.2. The van der Waals surface area contributed by atoms with Gasteiger partial charge in [0, 0.05) is 11.8 Å². The summed E-state index contributed by atoms with van der Waals surface area (Å²) in [5, 5.41) is 0. The molecule has 0 aliphatic rings. The molecular weight excluding hydrogens is 234 g/mol. The average molecular weight is 248 g/mol. The van der Waals surface area contributed by atoms with Crippen LogP contribution < -0.4 is 5.73 Å². The second-order valence-corrected chi connectivity index (χ2v) is 4.02. The van der Waals surface area contributed by atoms with Crippen molar-refractivity contribution >= 4 is 0 Å². The zero-order valence-electron chi connectivity index (χ0n) is 10.0. The number of nitrogens with zero attached hydrogens (tertiary/aromatic N) is 1. The number of hydrogen-bond donors (Lipinski definition) is 1. The van der Waals surface area contributed by atoms with Crippen molar-refractivity contribution in [2.75, 3.05) is 0 Å². The SMILES string of the molecule is CCc1cccnc1C(N)c1cccc(F)c1F. The monoisotopic (exact) mass is 248 g/mol. The lowest BCUT2D eigenvalue weighted by molar-refractivity contribution is 0.493. The molecule has 1 atom stereocenters. The van der Waals surface area contributed by atoms with Gasteiger partial charge in [-0.2, -0.15) is 0 Å². The van der Waals surface area contributed by atoms with Gasteiger partial charge >= 0.3 is 0 Å². The molecule has 1 unspecified atom stereocenters. The van der Waals surface area contributed by atoms with Crippen LogP contribution in [0.25, 0.3) is 0 Å². The number of hydrogen-bond acceptors (Lipinski definition) is 2. The Kier molecular flexibility index (Phi) is 3.67. The van der Waals surface area contributed by atoms with E-state index in [0.717, 1.165) is 18.1 Å². The van der Waals surface area contributed by atoms with Crippen molar-refractivity contribution in [1.29, 1.82) is 0 Å². The minimum absolute atomic E-state index is 0.128. The molecule has 1 heterocycles. The number of aryl methyl sites for hydroxylation is 1. The van der Waals surface area contributed by atoms with Gasteiger partial charge in [-0.3, -0.25) is 4.98 Å². The Balaban J connectivity index is 2.48. The molecule has 0 saturated heterocycles. The van der Waals surface area contributed by atoms with Gasteiger partial charge in [0.05, 0.1) is 11.7 Å². The van der Waals surface area contributed by atoms with E-state index < -0.39 is 17.7 Å². The van der Waals surface area contributed by atoms with E-state index in [1.165, 1.54) is 12.1 Å². The van der Waals surface area contributed by atoms with Crippen molar-refractivity contribution < 1.29 is 8.78 Å². The van der Waals surface area contributed by atoms with E-state index in [1.54, 1.807) is 12.3 Å². The lowest BCUT2D eigenvalue weighted by Gasteiger charge is -2.15. The Morgan fingerprint density at radius 2 is 2.00 bits per heavy atom. The van der Waals surface area contributed by atoms with E-state index in [4.69, 9.17) is 5.73 Å². The van der Waals surface area contributed by atoms with Gasteiger partial charge in [-0.15, -0.1) is 0 Å². The van der Waals surface area contributed by atoms with Gasteiger partial charge in [-0.1, -0.05) is 25.1 Å². The Hall–Kier alpha value is -1.81. The molecule has 0 spiro atoms. The van der Waals surface area contributed by atoms with Gasteiger partial charge in [0.1, 0.15) is 0 Å². The second-order valence-electron chi connectivity index (χ2n) is 4.02. The summed E-state index contributed by atoms with van der Waals surface area (Å²) in [4.78, 5) is 4.18. The molecule has 0 saturated carbocycles. The Morgan fingerprint density at radius 1 is 1.22 bits per heavy atom. The van der Waals surface area contributed by atoms with Crippen LogP contribution in [0.5, 0.6) is 0 Å². The molecule has 2 rings (SSSR count). The molecule has 2 aromatic rings. The zero-order valence-corrected chi connectivity index (χ0v) is 10.0. The summed E-state index contributed by atoms with van der Waals surface area (Å²) in [6.07, 6.45) is 2.35. The van der Waals surface area contributed by atoms with Gasteiger partial charge in [-0.05, 0) is 24.1 Å². The van der Waals surface area contributed by atoms with E-state index in [2.05, 4.69) is 4.98 Å². The van der Waals surface area contributed by atoms with Crippen LogP contribution in [-0.4, -0.2) is 4.98 Å². The highest BCUT2D eigenvalue weighted by Crippen LogP contribution is 2.24. The third-order valence-corrected chi connectivity index (χ3v) is 2.92. The zero-order chi connectivity index (χ0) is 13.1. The summed E-state index contributed by atoms with van der Waals surface area (Å²) >= 11 is 0. The molecule has 0 fully saturated rings. The first kappa shape index (κ1) is 12.6. The fourth-order valence-electron chi connectivity index (χ4n) is 1.94. The predicted octanol–water partition coefficient (Wildman–Crippen LogP) is 2.97. The number of aromatic nitrogens is 1. The summed E-state index contributed by atoms with van der Waals surface area (Å²) in [5.74, 6) is -1.80. The lowest BCUT2D eigenvalue weighted by Crippen LogP contribution is -2.17. The highest BCUT2D eigenvalue weighted by molar-refractivity contribution is 5.33. The van der Waals surface area contributed by atoms with Gasteiger partial charge < -0.3 is 5.73 Å². The minimum atomic E-state index is -0.905. The van der Waals surface area contributed by atoms with E-state index in [0.29, 0.717) is 5.69 Å².